The van der Waals surface area contributed by atoms with Crippen molar-refractivity contribution in [2.75, 3.05) is 10.6 Å². The molecule has 198 valence electrons. The number of halogens is 3. The molecule has 2 fully saturated rings. The van der Waals surface area contributed by atoms with Gasteiger partial charge in [0.2, 0.25) is 17.8 Å². The minimum Gasteiger partial charge on any atom is -0.393 e. The summed E-state index contributed by atoms with van der Waals surface area (Å²) in [5, 5.41) is 16.3. The lowest BCUT2D eigenvalue weighted by molar-refractivity contribution is -0.122. The molecule has 5 rings (SSSR count). The van der Waals surface area contributed by atoms with Gasteiger partial charge in [-0.3, -0.25) is 9.36 Å². The van der Waals surface area contributed by atoms with Crippen LogP contribution in [-0.2, 0) is 4.79 Å². The van der Waals surface area contributed by atoms with Crippen molar-refractivity contribution >= 4 is 46.3 Å². The predicted octanol–water partition coefficient (Wildman–Crippen LogP) is 4.82. The van der Waals surface area contributed by atoms with Crippen molar-refractivity contribution in [2.24, 2.45) is 11.7 Å². The number of rotatable bonds is 6. The van der Waals surface area contributed by atoms with Gasteiger partial charge < -0.3 is 21.5 Å². The molecule has 2 saturated carbocycles. The number of anilines is 3. The normalized spacial score (nSPS) is 24.5. The van der Waals surface area contributed by atoms with Crippen LogP contribution in [0.5, 0.6) is 0 Å². The molecule has 2 atom stereocenters. The van der Waals surface area contributed by atoms with Crippen molar-refractivity contribution in [3.05, 3.63) is 35.0 Å². The molecule has 0 spiro atoms. The van der Waals surface area contributed by atoms with E-state index in [1.165, 1.54) is 0 Å². The molecule has 12 heteroatoms. The van der Waals surface area contributed by atoms with Gasteiger partial charge in [-0.1, -0.05) is 24.4 Å². The topological polar surface area (TPSA) is 131 Å². The Morgan fingerprint density at radius 3 is 2.49 bits per heavy atom. The number of benzene rings is 1. The van der Waals surface area contributed by atoms with Crippen molar-refractivity contribution in [2.45, 2.75) is 76.0 Å². The third-order valence-corrected chi connectivity index (χ3v) is 7.59. The Kier molecular flexibility index (Phi) is 7.43. The summed E-state index contributed by atoms with van der Waals surface area (Å²) in [4.78, 5) is 25.4. The number of hydrogen-bond acceptors (Lipinski definition) is 7. The van der Waals surface area contributed by atoms with E-state index in [1.54, 1.807) is 6.20 Å². The van der Waals surface area contributed by atoms with Crippen LogP contribution in [0, 0.1) is 17.6 Å². The Hall–Kier alpha value is -3.05. The van der Waals surface area contributed by atoms with Crippen LogP contribution >= 0.6 is 11.6 Å². The van der Waals surface area contributed by atoms with E-state index in [0.29, 0.717) is 49.2 Å². The first kappa shape index (κ1) is 25.6. The van der Waals surface area contributed by atoms with Crippen molar-refractivity contribution in [3.63, 3.8) is 0 Å². The average Bonchev–Trinajstić information content (AvgIpc) is 3.07. The van der Waals surface area contributed by atoms with Gasteiger partial charge in [0, 0.05) is 23.0 Å². The molecule has 3 aromatic rings. The number of primary amides is 1. The maximum atomic E-state index is 14.6. The summed E-state index contributed by atoms with van der Waals surface area (Å²) in [6.07, 6.45) is 7.93. The van der Waals surface area contributed by atoms with Crippen LogP contribution < -0.4 is 16.4 Å². The zero-order valence-corrected chi connectivity index (χ0v) is 21.0. The summed E-state index contributed by atoms with van der Waals surface area (Å²) in [5.41, 5.74) is 6.11. The van der Waals surface area contributed by atoms with Gasteiger partial charge in [0.15, 0.2) is 17.3 Å². The third-order valence-electron chi connectivity index (χ3n) is 7.37. The van der Waals surface area contributed by atoms with E-state index in [9.17, 15) is 18.7 Å². The molecule has 2 aliphatic rings. The maximum absolute atomic E-state index is 14.6. The highest BCUT2D eigenvalue weighted by Crippen LogP contribution is 2.38. The molecular formula is C25H30ClF2N7O2. The second-order valence-corrected chi connectivity index (χ2v) is 10.4. The zero-order valence-electron chi connectivity index (χ0n) is 20.3. The number of nitrogens with one attached hydrogen (secondary N) is 2. The lowest BCUT2D eigenvalue weighted by atomic mass is 9.85. The first-order chi connectivity index (χ1) is 17.8. The van der Waals surface area contributed by atoms with Gasteiger partial charge in [0.05, 0.1) is 12.3 Å². The van der Waals surface area contributed by atoms with Gasteiger partial charge in [-0.05, 0) is 57.1 Å². The molecule has 37 heavy (non-hydrogen) atoms. The summed E-state index contributed by atoms with van der Waals surface area (Å²) in [6.45, 7) is 0. The lowest BCUT2D eigenvalue weighted by Gasteiger charge is -2.29. The molecule has 2 aliphatic carbocycles. The smallest absolute Gasteiger partial charge is 0.224 e. The summed E-state index contributed by atoms with van der Waals surface area (Å²) in [6, 6.07) is 1.97. The van der Waals surface area contributed by atoms with Gasteiger partial charge in [-0.15, -0.1) is 0 Å². The van der Waals surface area contributed by atoms with Crippen LogP contribution in [0.25, 0.3) is 11.2 Å². The Morgan fingerprint density at radius 1 is 1.08 bits per heavy atom. The SMILES string of the molecule is NC(=O)[C@H]1CC[C@H](n2c(Nc3c(F)cc(Cl)cc3F)nc3cnc(N[C@@H]4CCCC[C@H](O)C4)nc32)CC1. The molecule has 0 aliphatic heterocycles. The average molecular weight is 534 g/mol. The maximum Gasteiger partial charge on any atom is 0.224 e. The van der Waals surface area contributed by atoms with Crippen LogP contribution in [0.1, 0.15) is 63.8 Å². The molecule has 0 bridgehead atoms. The van der Waals surface area contributed by atoms with Crippen LogP contribution in [-0.4, -0.2) is 42.7 Å². The number of aliphatic hydroxyl groups is 1. The number of carbonyl (C=O) groups is 1. The molecule has 9 nitrogen and oxygen atoms in total. The predicted molar refractivity (Wildman–Crippen MR) is 137 cm³/mol. The second-order valence-electron chi connectivity index (χ2n) is 10.0. The number of imidazole rings is 1. The van der Waals surface area contributed by atoms with Crippen LogP contribution in [0.15, 0.2) is 18.3 Å². The molecular weight excluding hydrogens is 504 g/mol. The van der Waals surface area contributed by atoms with E-state index >= 15 is 0 Å². The highest BCUT2D eigenvalue weighted by atomic mass is 35.5. The first-order valence-corrected chi connectivity index (χ1v) is 13.1. The van der Waals surface area contributed by atoms with Gasteiger partial charge in [0.25, 0.3) is 0 Å². The Balaban J connectivity index is 1.51. The fourth-order valence-electron chi connectivity index (χ4n) is 5.43. The van der Waals surface area contributed by atoms with E-state index < -0.39 is 11.6 Å². The minimum atomic E-state index is -0.846. The number of hydrogen-bond donors (Lipinski definition) is 4. The van der Waals surface area contributed by atoms with Crippen molar-refractivity contribution < 1.29 is 18.7 Å². The molecule has 1 aromatic carbocycles. The number of fused-ring (bicyclic) bond motifs is 1. The van der Waals surface area contributed by atoms with E-state index in [2.05, 4.69) is 20.6 Å². The molecule has 0 saturated heterocycles. The number of nitrogens with two attached hydrogens (primary N) is 1. The Morgan fingerprint density at radius 2 is 1.78 bits per heavy atom. The first-order valence-electron chi connectivity index (χ1n) is 12.7. The van der Waals surface area contributed by atoms with Crippen molar-refractivity contribution in [1.82, 2.24) is 19.5 Å². The van der Waals surface area contributed by atoms with Crippen molar-refractivity contribution in [1.29, 1.82) is 0 Å². The Labute approximate surface area is 217 Å². The zero-order chi connectivity index (χ0) is 26.1. The van der Waals surface area contributed by atoms with Gasteiger partial charge >= 0.3 is 0 Å². The number of amides is 1. The standard InChI is InChI=1S/C25H30ClF2N7O2/c26-14-9-18(27)21(19(28)10-14)33-25-32-20-12-30-24(31-15-3-1-2-4-17(36)11-15)34-23(20)35(25)16-7-5-13(6-8-16)22(29)37/h9-10,12-13,15-17,36H,1-8,11H2,(H2,29,37)(H,32,33)(H,30,31,34)/t13-,15-,16-,17+/m1/s1. The number of carbonyl (C=O) groups excluding carboxylic acids is 1. The summed E-state index contributed by atoms with van der Waals surface area (Å²) in [5.74, 6) is -1.61. The molecule has 2 heterocycles. The van der Waals surface area contributed by atoms with Gasteiger partial charge in [-0.2, -0.15) is 4.98 Å². The number of aliphatic hydroxyl groups excluding tert-OH is 1. The molecule has 0 radical (unpaired) electrons. The fraction of sp³-hybridized carbons (Fsp3) is 0.520. The lowest BCUT2D eigenvalue weighted by Crippen LogP contribution is -2.29. The largest absolute Gasteiger partial charge is 0.393 e. The van der Waals surface area contributed by atoms with E-state index in [-0.39, 0.29) is 46.7 Å². The fourth-order valence-corrected chi connectivity index (χ4v) is 5.63. The van der Waals surface area contributed by atoms with E-state index in [4.69, 9.17) is 22.3 Å². The highest BCUT2D eigenvalue weighted by Gasteiger charge is 2.30. The summed E-state index contributed by atoms with van der Waals surface area (Å²) >= 11 is 5.79. The van der Waals surface area contributed by atoms with Crippen LogP contribution in [0.2, 0.25) is 5.02 Å². The summed E-state index contributed by atoms with van der Waals surface area (Å²) < 4.78 is 31.1. The van der Waals surface area contributed by atoms with Crippen molar-refractivity contribution in [3.8, 4) is 0 Å². The molecule has 1 amide bonds. The Bertz CT molecular complexity index is 1270. The quantitative estimate of drug-likeness (QED) is 0.334. The number of aromatic nitrogens is 4. The van der Waals surface area contributed by atoms with Gasteiger partial charge in [-0.25, -0.2) is 18.7 Å². The molecule has 0 unspecified atom stereocenters. The van der Waals surface area contributed by atoms with Gasteiger partial charge in [0.1, 0.15) is 11.2 Å². The second kappa shape index (κ2) is 10.7. The minimum absolute atomic E-state index is 0.0344. The van der Waals surface area contributed by atoms with E-state index in [1.807, 2.05) is 4.57 Å². The monoisotopic (exact) mass is 533 g/mol. The van der Waals surface area contributed by atoms with Crippen LogP contribution in [0.4, 0.5) is 26.4 Å². The number of nitrogens with zero attached hydrogens (tertiary/aromatic N) is 4. The molecule has 2 aromatic heterocycles. The van der Waals surface area contributed by atoms with E-state index in [0.717, 1.165) is 37.8 Å². The third kappa shape index (κ3) is 5.62. The molecule has 5 N–H and O–H groups in total. The van der Waals surface area contributed by atoms with Crippen LogP contribution in [0.3, 0.4) is 0 Å². The summed E-state index contributed by atoms with van der Waals surface area (Å²) in [7, 11) is 0. The highest BCUT2D eigenvalue weighted by molar-refractivity contribution is 6.30.